The van der Waals surface area contributed by atoms with Crippen LogP contribution in [-0.4, -0.2) is 9.65 Å². The molecule has 18 valence electrons. The second-order valence-corrected chi connectivity index (χ2v) is 0.289. The van der Waals surface area contributed by atoms with E-state index in [1.165, 1.54) is 0 Å². The topological polar surface area (TPSA) is 40.1 Å². The van der Waals surface area contributed by atoms with E-state index in [1.807, 2.05) is 0 Å². The van der Waals surface area contributed by atoms with Crippen molar-refractivity contribution in [2.24, 2.45) is 0 Å². The number of rotatable bonds is 0. The zero-order valence-corrected chi connectivity index (χ0v) is 6.67. The van der Waals surface area contributed by atoms with E-state index in [2.05, 4.69) is 0 Å². The minimum Gasteiger partial charge on any atom is -0.591 e. The van der Waals surface area contributed by atoms with Gasteiger partial charge in [-0.25, -0.2) is 0 Å². The fraction of sp³-hybridized carbons (Fsp3) is 0. The van der Waals surface area contributed by atoms with Crippen LogP contribution < -0.4 is 56.2 Å². The second-order valence-electron chi connectivity index (χ2n) is 0.0962. The molecule has 0 aliphatic heterocycles. The van der Waals surface area contributed by atoms with Gasteiger partial charge in [0.05, 0.1) is 0 Å². The molecule has 0 saturated heterocycles. The van der Waals surface area contributed by atoms with Gasteiger partial charge in [-0.3, -0.25) is 0 Å². The standard InChI is InChI=1S/K.HO2Si/c;1-3-2/h;3H/q+1;-1. The molecular formula is HKO2Si. The van der Waals surface area contributed by atoms with E-state index in [-0.39, 0.29) is 51.4 Å². The van der Waals surface area contributed by atoms with Crippen LogP contribution in [0.15, 0.2) is 0 Å². The first-order valence-electron chi connectivity index (χ1n) is 0.471. The first kappa shape index (κ1) is 9.07. The Morgan fingerprint density at radius 1 is 1.75 bits per heavy atom. The van der Waals surface area contributed by atoms with Crippen LogP contribution in [0.25, 0.3) is 0 Å². The van der Waals surface area contributed by atoms with Gasteiger partial charge < -0.3 is 9.26 Å². The molecule has 0 bridgehead atoms. The molecule has 2 nitrogen and oxygen atoms in total. The van der Waals surface area contributed by atoms with Gasteiger partial charge in [0.25, 0.3) is 0 Å². The predicted octanol–water partition coefficient (Wildman–Crippen LogP) is -4.95. The van der Waals surface area contributed by atoms with Gasteiger partial charge in [0.2, 0.25) is 0 Å². The monoisotopic (exact) mass is 99.9 g/mol. The van der Waals surface area contributed by atoms with Crippen LogP contribution >= 0.6 is 0 Å². The average Bonchev–Trinajstić information content (AvgIpc) is 0.918. The van der Waals surface area contributed by atoms with Gasteiger partial charge in [-0.15, -0.1) is 0 Å². The molecular weight excluding hydrogens is 99.2 g/mol. The first-order valence-corrected chi connectivity index (χ1v) is 1.41. The van der Waals surface area contributed by atoms with E-state index >= 15 is 0 Å². The van der Waals surface area contributed by atoms with Crippen LogP contribution in [0, 0.1) is 0 Å². The van der Waals surface area contributed by atoms with Crippen LogP contribution in [0.2, 0.25) is 0 Å². The second kappa shape index (κ2) is 8.82. The maximum absolute atomic E-state index is 8.46. The minimum absolute atomic E-state index is 0. The van der Waals surface area contributed by atoms with Crippen molar-refractivity contribution in [2.75, 3.05) is 0 Å². The molecule has 0 radical (unpaired) electrons. The van der Waals surface area contributed by atoms with Crippen molar-refractivity contribution in [3.05, 3.63) is 0 Å². The van der Waals surface area contributed by atoms with Gasteiger partial charge in [-0.05, 0) is 0 Å². The smallest absolute Gasteiger partial charge is 0.591 e. The van der Waals surface area contributed by atoms with Crippen molar-refractivity contribution in [1.29, 1.82) is 0 Å². The molecule has 0 aromatic rings. The van der Waals surface area contributed by atoms with Gasteiger partial charge in [0, 0.05) is 0 Å². The fourth-order valence-electron chi connectivity index (χ4n) is 0. The molecule has 0 N–H and O–H groups in total. The normalized spacial score (nSPS) is 3.00. The Balaban J connectivity index is 0. The zero-order valence-electron chi connectivity index (χ0n) is 2.39. The van der Waals surface area contributed by atoms with Crippen molar-refractivity contribution in [3.8, 4) is 0 Å². The van der Waals surface area contributed by atoms with E-state index in [0.717, 1.165) is 0 Å². The van der Waals surface area contributed by atoms with E-state index in [1.54, 1.807) is 0 Å². The van der Waals surface area contributed by atoms with Gasteiger partial charge in [-0.1, -0.05) is 0 Å². The van der Waals surface area contributed by atoms with Gasteiger partial charge in [-0.2, -0.15) is 0 Å². The van der Waals surface area contributed by atoms with E-state index in [9.17, 15) is 0 Å². The van der Waals surface area contributed by atoms with Gasteiger partial charge >= 0.3 is 51.4 Å². The molecule has 0 fully saturated rings. The third kappa shape index (κ3) is 9.84. The van der Waals surface area contributed by atoms with Gasteiger partial charge in [0.15, 0.2) is 0 Å². The van der Waals surface area contributed by atoms with E-state index < -0.39 is 9.65 Å². The summed E-state index contributed by atoms with van der Waals surface area (Å²) in [5, 5.41) is 0. The zero-order chi connectivity index (χ0) is 2.71. The summed E-state index contributed by atoms with van der Waals surface area (Å²) in [4.78, 5) is 8.46. The Kier molecular flexibility index (Phi) is 20.0. The Bertz CT molecular complexity index is 13.5. The third-order valence-corrected chi connectivity index (χ3v) is 0. The molecule has 0 aliphatic rings. The minimum atomic E-state index is -1.75. The predicted molar refractivity (Wildman–Crippen MR) is 7.84 cm³/mol. The van der Waals surface area contributed by atoms with Crippen molar-refractivity contribution >= 4 is 9.65 Å². The number of hydrogen-bond donors (Lipinski definition) is 0. The maximum Gasteiger partial charge on any atom is 1.00 e. The van der Waals surface area contributed by atoms with Crippen LogP contribution in [0.5, 0.6) is 0 Å². The molecule has 0 aromatic carbocycles. The molecule has 0 aromatic heterocycles. The molecule has 0 saturated carbocycles. The maximum atomic E-state index is 8.46. The molecule has 0 spiro atoms. The SMILES string of the molecule is O=[SiH][O-].[K+]. The average molecular weight is 100 g/mol. The Hall–Kier alpha value is 1.45. The Morgan fingerprint density at radius 2 is 1.75 bits per heavy atom. The fourth-order valence-corrected chi connectivity index (χ4v) is 0. The Morgan fingerprint density at radius 3 is 1.75 bits per heavy atom. The molecule has 4 heavy (non-hydrogen) atoms. The molecule has 0 unspecified atom stereocenters. The summed E-state index contributed by atoms with van der Waals surface area (Å²) in [6.07, 6.45) is 0. The van der Waals surface area contributed by atoms with E-state index in [0.29, 0.717) is 0 Å². The van der Waals surface area contributed by atoms with Crippen molar-refractivity contribution in [2.45, 2.75) is 0 Å². The molecule has 0 aliphatic carbocycles. The summed E-state index contributed by atoms with van der Waals surface area (Å²) in [6.45, 7) is 0. The summed E-state index contributed by atoms with van der Waals surface area (Å²) in [7, 11) is -1.75. The molecule has 0 amide bonds. The van der Waals surface area contributed by atoms with Crippen LogP contribution in [0.4, 0.5) is 0 Å². The molecule has 0 rings (SSSR count). The van der Waals surface area contributed by atoms with Crippen LogP contribution in [0.3, 0.4) is 0 Å². The van der Waals surface area contributed by atoms with E-state index in [4.69, 9.17) is 9.26 Å². The summed E-state index contributed by atoms with van der Waals surface area (Å²) < 4.78 is 8.46. The molecule has 0 heterocycles. The third-order valence-electron chi connectivity index (χ3n) is 0. The first-order chi connectivity index (χ1) is 1.41. The Labute approximate surface area is 69.0 Å². The van der Waals surface area contributed by atoms with Crippen molar-refractivity contribution in [3.63, 3.8) is 0 Å². The van der Waals surface area contributed by atoms with Gasteiger partial charge in [0.1, 0.15) is 9.65 Å². The van der Waals surface area contributed by atoms with Crippen molar-refractivity contribution in [1.82, 2.24) is 0 Å². The van der Waals surface area contributed by atoms with Crippen LogP contribution in [0.1, 0.15) is 0 Å². The summed E-state index contributed by atoms with van der Waals surface area (Å²) in [5.41, 5.74) is 0. The quantitative estimate of drug-likeness (QED) is 0.286. The summed E-state index contributed by atoms with van der Waals surface area (Å²) in [5.74, 6) is 0. The number of hydrogen-bond acceptors (Lipinski definition) is 2. The summed E-state index contributed by atoms with van der Waals surface area (Å²) in [6, 6.07) is 0. The van der Waals surface area contributed by atoms with Crippen molar-refractivity contribution < 1.29 is 60.6 Å². The molecule has 4 heteroatoms. The van der Waals surface area contributed by atoms with Crippen LogP contribution in [-0.2, 0) is 4.46 Å². The summed E-state index contributed by atoms with van der Waals surface area (Å²) >= 11 is 0. The molecule has 0 atom stereocenters. The largest absolute Gasteiger partial charge is 1.00 e.